The van der Waals surface area contributed by atoms with Crippen molar-refractivity contribution in [1.82, 2.24) is 0 Å². The van der Waals surface area contributed by atoms with Gasteiger partial charge in [0.25, 0.3) is 0 Å². The van der Waals surface area contributed by atoms with Crippen LogP contribution in [0, 0.1) is 5.41 Å². The molecular formula is C21H43P. The largest absolute Gasteiger partial charge is 0.138 e. The molecule has 0 heterocycles. The van der Waals surface area contributed by atoms with Gasteiger partial charge in [0.1, 0.15) is 0 Å². The molecule has 0 aliphatic carbocycles. The average Bonchev–Trinajstić information content (AvgIpc) is 2.45. The Morgan fingerprint density at radius 2 is 1.00 bits per heavy atom. The molecule has 0 amide bonds. The number of rotatable bonds is 15. The lowest BCUT2D eigenvalue weighted by atomic mass is 9.89. The maximum Gasteiger partial charge on any atom is -0.0351 e. The van der Waals surface area contributed by atoms with Crippen molar-refractivity contribution in [3.05, 3.63) is 12.2 Å². The van der Waals surface area contributed by atoms with Gasteiger partial charge in [0.15, 0.2) is 0 Å². The topological polar surface area (TPSA) is 0 Å². The number of hydrogen-bond acceptors (Lipinski definition) is 0. The van der Waals surface area contributed by atoms with Crippen LogP contribution in [0.25, 0.3) is 0 Å². The minimum absolute atomic E-state index is 0.526. The molecule has 0 radical (unpaired) electrons. The van der Waals surface area contributed by atoms with Crippen molar-refractivity contribution in [1.29, 1.82) is 0 Å². The number of unbranched alkanes of at least 4 members (excludes halogenated alkanes) is 11. The molecule has 0 spiro atoms. The van der Waals surface area contributed by atoms with Crippen LogP contribution in [0.4, 0.5) is 0 Å². The second kappa shape index (κ2) is 16.0. The summed E-state index contributed by atoms with van der Waals surface area (Å²) in [7, 11) is 2.82. The Hall–Kier alpha value is 0.170. The summed E-state index contributed by atoms with van der Waals surface area (Å²) in [4.78, 5) is 0. The van der Waals surface area contributed by atoms with Gasteiger partial charge in [-0.3, -0.25) is 0 Å². The summed E-state index contributed by atoms with van der Waals surface area (Å²) >= 11 is 0. The van der Waals surface area contributed by atoms with Gasteiger partial charge in [-0.05, 0) is 50.1 Å². The first-order valence-electron chi connectivity index (χ1n) is 9.91. The second-order valence-electron chi connectivity index (χ2n) is 8.04. The molecule has 1 unspecified atom stereocenters. The summed E-state index contributed by atoms with van der Waals surface area (Å²) in [6, 6.07) is 0. The van der Waals surface area contributed by atoms with Gasteiger partial charge in [-0.2, -0.15) is 0 Å². The smallest absolute Gasteiger partial charge is 0.0351 e. The fraction of sp³-hybridized carbons (Fsp3) is 0.905. The van der Waals surface area contributed by atoms with E-state index in [0.29, 0.717) is 5.41 Å². The van der Waals surface area contributed by atoms with Crippen molar-refractivity contribution in [3.63, 3.8) is 0 Å². The van der Waals surface area contributed by atoms with Crippen LogP contribution in [-0.4, -0.2) is 6.16 Å². The van der Waals surface area contributed by atoms with Crippen LogP contribution in [0.1, 0.15) is 111 Å². The van der Waals surface area contributed by atoms with Crippen LogP contribution in [-0.2, 0) is 0 Å². The molecule has 0 saturated carbocycles. The Labute approximate surface area is 144 Å². The standard InChI is InChI=1S/C21H43P/c1-21(2,3)19-17-15-13-11-9-7-5-4-6-8-10-12-14-16-18-20-22/h4-5H,6-20,22H2,1-3H3. The third kappa shape index (κ3) is 20.2. The highest BCUT2D eigenvalue weighted by molar-refractivity contribution is 7.16. The van der Waals surface area contributed by atoms with Crippen molar-refractivity contribution < 1.29 is 0 Å². The third-order valence-electron chi connectivity index (χ3n) is 4.29. The van der Waals surface area contributed by atoms with E-state index in [4.69, 9.17) is 0 Å². The predicted molar refractivity (Wildman–Crippen MR) is 108 cm³/mol. The van der Waals surface area contributed by atoms with E-state index < -0.39 is 0 Å². The molecule has 132 valence electrons. The Kier molecular flexibility index (Phi) is 16.2. The van der Waals surface area contributed by atoms with E-state index in [-0.39, 0.29) is 0 Å². The highest BCUT2D eigenvalue weighted by Crippen LogP contribution is 2.22. The molecule has 0 fully saturated rings. The fourth-order valence-corrected chi connectivity index (χ4v) is 3.09. The van der Waals surface area contributed by atoms with Crippen LogP contribution in [0.15, 0.2) is 12.2 Å². The van der Waals surface area contributed by atoms with Crippen molar-refractivity contribution >= 4 is 9.24 Å². The minimum Gasteiger partial charge on any atom is -0.138 e. The summed E-state index contributed by atoms with van der Waals surface area (Å²) in [5, 5.41) is 0. The zero-order valence-corrected chi connectivity index (χ0v) is 17.0. The molecule has 0 saturated heterocycles. The van der Waals surface area contributed by atoms with Crippen LogP contribution in [0.5, 0.6) is 0 Å². The van der Waals surface area contributed by atoms with E-state index in [1.54, 1.807) is 0 Å². The fourth-order valence-electron chi connectivity index (χ4n) is 2.80. The first-order chi connectivity index (χ1) is 10.6. The third-order valence-corrected chi connectivity index (χ3v) is 4.70. The van der Waals surface area contributed by atoms with Gasteiger partial charge >= 0.3 is 0 Å². The van der Waals surface area contributed by atoms with Crippen LogP contribution < -0.4 is 0 Å². The van der Waals surface area contributed by atoms with Crippen molar-refractivity contribution in [2.75, 3.05) is 6.16 Å². The van der Waals surface area contributed by atoms with E-state index in [0.717, 1.165) is 0 Å². The van der Waals surface area contributed by atoms with E-state index in [1.165, 1.54) is 96.1 Å². The molecule has 0 aromatic heterocycles. The van der Waals surface area contributed by atoms with Crippen LogP contribution in [0.3, 0.4) is 0 Å². The first kappa shape index (κ1) is 22.2. The van der Waals surface area contributed by atoms with Gasteiger partial charge < -0.3 is 0 Å². The first-order valence-corrected chi connectivity index (χ1v) is 10.7. The molecule has 1 atom stereocenters. The van der Waals surface area contributed by atoms with Crippen molar-refractivity contribution in [3.8, 4) is 0 Å². The quantitative estimate of drug-likeness (QED) is 0.163. The van der Waals surface area contributed by atoms with Crippen molar-refractivity contribution in [2.45, 2.75) is 111 Å². The van der Waals surface area contributed by atoms with Crippen molar-refractivity contribution in [2.24, 2.45) is 5.41 Å². The lowest BCUT2D eigenvalue weighted by molar-refractivity contribution is 0.356. The molecule has 0 aromatic rings. The highest BCUT2D eigenvalue weighted by atomic mass is 31.0. The Bertz CT molecular complexity index is 237. The van der Waals surface area contributed by atoms with Gasteiger partial charge in [-0.1, -0.05) is 84.3 Å². The summed E-state index contributed by atoms with van der Waals surface area (Å²) in [5.74, 6) is 0. The lowest BCUT2D eigenvalue weighted by Gasteiger charge is -2.17. The molecule has 22 heavy (non-hydrogen) atoms. The molecule has 0 aliphatic rings. The summed E-state index contributed by atoms with van der Waals surface area (Å²) in [6.07, 6.45) is 25.7. The van der Waals surface area contributed by atoms with E-state index in [2.05, 4.69) is 42.2 Å². The van der Waals surface area contributed by atoms with Gasteiger partial charge in [0.2, 0.25) is 0 Å². The van der Waals surface area contributed by atoms with Gasteiger partial charge in [-0.25, -0.2) is 0 Å². The Morgan fingerprint density at radius 1 is 0.591 bits per heavy atom. The molecule has 0 aromatic carbocycles. The van der Waals surface area contributed by atoms with E-state index in [9.17, 15) is 0 Å². The SMILES string of the molecule is CC(C)(C)CCCCCCCC=CCCCCCCCCP. The Morgan fingerprint density at radius 3 is 1.45 bits per heavy atom. The zero-order chi connectivity index (χ0) is 16.5. The molecular weight excluding hydrogens is 283 g/mol. The van der Waals surface area contributed by atoms with Gasteiger partial charge in [0, 0.05) is 0 Å². The average molecular weight is 327 g/mol. The molecule has 0 bridgehead atoms. The second-order valence-corrected chi connectivity index (χ2v) is 8.61. The van der Waals surface area contributed by atoms with Crippen LogP contribution >= 0.6 is 9.24 Å². The minimum atomic E-state index is 0.526. The molecule has 0 N–H and O–H groups in total. The highest BCUT2D eigenvalue weighted by Gasteiger charge is 2.08. The molecule has 0 rings (SSSR count). The molecule has 0 aliphatic heterocycles. The summed E-state index contributed by atoms with van der Waals surface area (Å²) in [5.41, 5.74) is 0.526. The van der Waals surface area contributed by atoms with E-state index >= 15 is 0 Å². The molecule has 0 nitrogen and oxygen atoms in total. The monoisotopic (exact) mass is 326 g/mol. The predicted octanol–water partition coefficient (Wildman–Crippen LogP) is 7.93. The maximum absolute atomic E-state index is 2.82. The normalized spacial score (nSPS) is 12.4. The van der Waals surface area contributed by atoms with E-state index in [1.807, 2.05) is 0 Å². The Balaban J connectivity index is 3.12. The zero-order valence-electron chi connectivity index (χ0n) is 15.8. The maximum atomic E-state index is 2.82. The number of allylic oxidation sites excluding steroid dienone is 2. The van der Waals surface area contributed by atoms with Gasteiger partial charge in [-0.15, -0.1) is 9.24 Å². The lowest BCUT2D eigenvalue weighted by Crippen LogP contribution is -2.03. The molecule has 1 heteroatoms. The summed E-state index contributed by atoms with van der Waals surface area (Å²) < 4.78 is 0. The van der Waals surface area contributed by atoms with Crippen LogP contribution in [0.2, 0.25) is 0 Å². The number of hydrogen-bond donors (Lipinski definition) is 0. The summed E-state index contributed by atoms with van der Waals surface area (Å²) in [6.45, 7) is 7.05. The van der Waals surface area contributed by atoms with Gasteiger partial charge in [0.05, 0.1) is 0 Å².